The van der Waals surface area contributed by atoms with Crippen LogP contribution in [0, 0.1) is 0 Å². The second-order valence-electron chi connectivity index (χ2n) is 5.91. The molecule has 0 bridgehead atoms. The van der Waals surface area contributed by atoms with Gasteiger partial charge in [0, 0.05) is 29.7 Å². The van der Waals surface area contributed by atoms with Crippen molar-refractivity contribution in [3.05, 3.63) is 26.6 Å². The molecule has 0 spiro atoms. The van der Waals surface area contributed by atoms with E-state index in [0.717, 1.165) is 20.3 Å². The Labute approximate surface area is 154 Å². The molecule has 0 unspecified atom stereocenters. The van der Waals surface area contributed by atoms with Gasteiger partial charge in [0.25, 0.3) is 0 Å². The predicted molar refractivity (Wildman–Crippen MR) is 99.0 cm³/mol. The molecule has 1 amide bonds. The van der Waals surface area contributed by atoms with E-state index in [1.807, 2.05) is 39.8 Å². The van der Waals surface area contributed by atoms with Crippen molar-refractivity contribution < 1.29 is 14.3 Å². The Bertz CT molecular complexity index is 531. The van der Waals surface area contributed by atoms with Gasteiger partial charge in [0.15, 0.2) is 0 Å². The molecule has 0 heterocycles. The Morgan fingerprint density at radius 1 is 1.22 bits per heavy atom. The molecule has 23 heavy (non-hydrogen) atoms. The van der Waals surface area contributed by atoms with E-state index in [1.54, 1.807) is 0 Å². The smallest absolute Gasteiger partial charge is 0.407 e. The lowest BCUT2D eigenvalue weighted by molar-refractivity contribution is 0.0528. The van der Waals surface area contributed by atoms with Crippen molar-refractivity contribution >= 4 is 38.0 Å². The van der Waals surface area contributed by atoms with Crippen LogP contribution < -0.4 is 15.4 Å². The van der Waals surface area contributed by atoms with Gasteiger partial charge in [-0.3, -0.25) is 0 Å². The molecule has 0 aliphatic rings. The second-order valence-corrected chi connectivity index (χ2v) is 7.68. The SMILES string of the molecule is CCOc1c(Br)cc(Br)cc1CNCCNC(=O)OC(C)(C)C. The topological polar surface area (TPSA) is 59.6 Å². The molecule has 1 aromatic carbocycles. The molecule has 7 heteroatoms. The molecule has 130 valence electrons. The van der Waals surface area contributed by atoms with Crippen LogP contribution in [0.5, 0.6) is 5.75 Å². The average Bonchev–Trinajstić information content (AvgIpc) is 2.40. The van der Waals surface area contributed by atoms with Crippen LogP contribution in [0.15, 0.2) is 21.1 Å². The average molecular weight is 452 g/mol. The number of carbonyl (C=O) groups excluding carboxylic acids is 1. The molecule has 0 saturated carbocycles. The third-order valence-corrected chi connectivity index (χ3v) is 3.71. The summed E-state index contributed by atoms with van der Waals surface area (Å²) < 4.78 is 12.7. The summed E-state index contributed by atoms with van der Waals surface area (Å²) in [5.41, 5.74) is 0.567. The van der Waals surface area contributed by atoms with Crippen LogP contribution in [0.1, 0.15) is 33.3 Å². The van der Waals surface area contributed by atoms with Gasteiger partial charge in [0.05, 0.1) is 11.1 Å². The fourth-order valence-electron chi connectivity index (χ4n) is 1.84. The molecule has 0 saturated heterocycles. The van der Waals surface area contributed by atoms with Crippen molar-refractivity contribution in [2.24, 2.45) is 0 Å². The van der Waals surface area contributed by atoms with E-state index in [0.29, 0.717) is 26.2 Å². The van der Waals surface area contributed by atoms with Crippen molar-refractivity contribution in [1.82, 2.24) is 10.6 Å². The number of hydrogen-bond acceptors (Lipinski definition) is 4. The lowest BCUT2D eigenvalue weighted by atomic mass is 10.2. The summed E-state index contributed by atoms with van der Waals surface area (Å²) in [4.78, 5) is 11.5. The van der Waals surface area contributed by atoms with Crippen molar-refractivity contribution in [1.29, 1.82) is 0 Å². The molecule has 0 radical (unpaired) electrons. The van der Waals surface area contributed by atoms with Gasteiger partial charge in [-0.05, 0) is 55.8 Å². The molecule has 0 aliphatic heterocycles. The van der Waals surface area contributed by atoms with E-state index < -0.39 is 11.7 Å². The van der Waals surface area contributed by atoms with Crippen LogP contribution in [-0.4, -0.2) is 31.4 Å². The molecule has 2 N–H and O–H groups in total. The molecular formula is C16H24Br2N2O3. The number of benzene rings is 1. The van der Waals surface area contributed by atoms with E-state index in [2.05, 4.69) is 42.5 Å². The van der Waals surface area contributed by atoms with E-state index in [9.17, 15) is 4.79 Å². The molecular weight excluding hydrogens is 428 g/mol. The number of halogens is 2. The highest BCUT2D eigenvalue weighted by Crippen LogP contribution is 2.32. The number of carbonyl (C=O) groups is 1. The summed E-state index contributed by atoms with van der Waals surface area (Å²) >= 11 is 6.99. The van der Waals surface area contributed by atoms with Gasteiger partial charge in [0.2, 0.25) is 0 Å². The fraction of sp³-hybridized carbons (Fsp3) is 0.562. The first-order chi connectivity index (χ1) is 10.7. The van der Waals surface area contributed by atoms with Gasteiger partial charge in [-0.25, -0.2) is 4.79 Å². The second kappa shape index (κ2) is 9.49. The monoisotopic (exact) mass is 450 g/mol. The largest absolute Gasteiger partial charge is 0.492 e. The van der Waals surface area contributed by atoms with E-state index in [1.165, 1.54) is 0 Å². The molecule has 0 aromatic heterocycles. The van der Waals surface area contributed by atoms with Gasteiger partial charge in [-0.1, -0.05) is 15.9 Å². The van der Waals surface area contributed by atoms with Crippen molar-refractivity contribution in [2.75, 3.05) is 19.7 Å². The molecule has 0 fully saturated rings. The van der Waals surface area contributed by atoms with E-state index in [-0.39, 0.29) is 0 Å². The molecule has 0 aliphatic carbocycles. The van der Waals surface area contributed by atoms with Crippen molar-refractivity contribution in [3.8, 4) is 5.75 Å². The van der Waals surface area contributed by atoms with Crippen LogP contribution >= 0.6 is 31.9 Å². The van der Waals surface area contributed by atoms with E-state index >= 15 is 0 Å². The first kappa shape index (κ1) is 20.3. The fourth-order valence-corrected chi connectivity index (χ4v) is 3.27. The number of ether oxygens (including phenoxy) is 2. The summed E-state index contributed by atoms with van der Waals surface area (Å²) in [6.07, 6.45) is -0.403. The predicted octanol–water partition coefficient (Wildman–Crippen LogP) is 4.22. The van der Waals surface area contributed by atoms with Gasteiger partial charge in [-0.2, -0.15) is 0 Å². The molecule has 0 atom stereocenters. The van der Waals surface area contributed by atoms with Crippen LogP contribution in [0.2, 0.25) is 0 Å². The number of amides is 1. The first-order valence-corrected chi connectivity index (χ1v) is 9.10. The van der Waals surface area contributed by atoms with Crippen molar-refractivity contribution in [2.45, 2.75) is 39.8 Å². The number of rotatable bonds is 7. The Balaban J connectivity index is 2.43. The number of alkyl carbamates (subject to hydrolysis) is 1. The maximum absolute atomic E-state index is 11.5. The quantitative estimate of drug-likeness (QED) is 0.609. The zero-order chi connectivity index (χ0) is 17.5. The summed E-state index contributed by atoms with van der Waals surface area (Å²) in [5.74, 6) is 0.836. The maximum atomic E-state index is 11.5. The van der Waals surface area contributed by atoms with Crippen LogP contribution in [-0.2, 0) is 11.3 Å². The zero-order valence-electron chi connectivity index (χ0n) is 14.0. The molecule has 1 rings (SSSR count). The highest BCUT2D eigenvalue weighted by Gasteiger charge is 2.15. The van der Waals surface area contributed by atoms with Gasteiger partial charge in [0.1, 0.15) is 11.4 Å². The van der Waals surface area contributed by atoms with Crippen LogP contribution in [0.3, 0.4) is 0 Å². The standard InChI is InChI=1S/C16H24Br2N2O3/c1-5-22-14-11(8-12(17)9-13(14)18)10-19-6-7-20-15(21)23-16(2,3)4/h8-9,19H,5-7,10H2,1-4H3,(H,20,21). The van der Waals surface area contributed by atoms with Crippen LogP contribution in [0.4, 0.5) is 4.79 Å². The molecule has 1 aromatic rings. The summed E-state index contributed by atoms with van der Waals surface area (Å²) in [5, 5.41) is 6.00. The minimum Gasteiger partial charge on any atom is -0.492 e. The Morgan fingerprint density at radius 2 is 1.91 bits per heavy atom. The number of hydrogen-bond donors (Lipinski definition) is 2. The van der Waals surface area contributed by atoms with Gasteiger partial charge < -0.3 is 20.1 Å². The van der Waals surface area contributed by atoms with E-state index in [4.69, 9.17) is 9.47 Å². The Kier molecular flexibility index (Phi) is 8.36. The maximum Gasteiger partial charge on any atom is 0.407 e. The summed E-state index contributed by atoms with van der Waals surface area (Å²) in [6.45, 7) is 9.85. The van der Waals surface area contributed by atoms with Crippen LogP contribution in [0.25, 0.3) is 0 Å². The number of nitrogens with one attached hydrogen (secondary N) is 2. The zero-order valence-corrected chi connectivity index (χ0v) is 17.1. The summed E-state index contributed by atoms with van der Waals surface area (Å²) in [6, 6.07) is 3.97. The first-order valence-electron chi connectivity index (χ1n) is 7.51. The summed E-state index contributed by atoms with van der Waals surface area (Å²) in [7, 11) is 0. The normalized spacial score (nSPS) is 11.2. The highest BCUT2D eigenvalue weighted by atomic mass is 79.9. The minimum absolute atomic E-state index is 0.403. The van der Waals surface area contributed by atoms with Gasteiger partial charge >= 0.3 is 6.09 Å². The third kappa shape index (κ3) is 8.04. The van der Waals surface area contributed by atoms with Gasteiger partial charge in [-0.15, -0.1) is 0 Å². The Hall–Kier alpha value is -0.790. The Morgan fingerprint density at radius 3 is 2.52 bits per heavy atom. The third-order valence-electron chi connectivity index (χ3n) is 2.66. The lowest BCUT2D eigenvalue weighted by Crippen LogP contribution is -2.36. The minimum atomic E-state index is -0.480. The highest BCUT2D eigenvalue weighted by molar-refractivity contribution is 9.11. The lowest BCUT2D eigenvalue weighted by Gasteiger charge is -2.19. The van der Waals surface area contributed by atoms with Crippen molar-refractivity contribution in [3.63, 3.8) is 0 Å². The molecule has 5 nitrogen and oxygen atoms in total.